The van der Waals surface area contributed by atoms with Crippen molar-refractivity contribution in [1.29, 1.82) is 0 Å². The van der Waals surface area contributed by atoms with Crippen LogP contribution in [-0.4, -0.2) is 67.7 Å². The third-order valence-electron chi connectivity index (χ3n) is 7.14. The van der Waals surface area contributed by atoms with Crippen LogP contribution in [0.3, 0.4) is 0 Å². The maximum atomic E-state index is 13.5. The molecule has 9 heteroatoms. The molecular weight excluding hydrogens is 445 g/mol. The SMILES string of the molecule is CCN1CCN([C@H](c2cc3ccc(C)c(C)c3[nH]c2=O)c2nnnn2Cc2ccc(F)cc2)CC1. The summed E-state index contributed by atoms with van der Waals surface area (Å²) in [5, 5.41) is 13.6. The third kappa shape index (κ3) is 4.61. The van der Waals surface area contributed by atoms with Gasteiger partial charge in [0.1, 0.15) is 11.9 Å². The predicted octanol–water partition coefficient (Wildman–Crippen LogP) is 3.05. The highest BCUT2D eigenvalue weighted by Crippen LogP contribution is 2.29. The van der Waals surface area contributed by atoms with Crippen molar-refractivity contribution in [3.05, 3.63) is 86.7 Å². The fraction of sp³-hybridized carbons (Fsp3) is 0.385. The standard InChI is InChI=1S/C26H30FN7O/c1-4-32-11-13-33(14-12-32)24(22-15-20-8-5-17(2)18(3)23(20)28-26(22)35)25-29-30-31-34(25)16-19-6-9-21(27)10-7-19/h5-10,15,24H,4,11-14,16H2,1-3H3,(H,28,35)/t24-/m1/s1. The van der Waals surface area contributed by atoms with Gasteiger partial charge in [0.25, 0.3) is 5.56 Å². The summed E-state index contributed by atoms with van der Waals surface area (Å²) in [5.74, 6) is 0.318. The van der Waals surface area contributed by atoms with Gasteiger partial charge in [-0.05, 0) is 71.1 Å². The Bertz CT molecular complexity index is 1390. The van der Waals surface area contributed by atoms with E-state index in [4.69, 9.17) is 0 Å². The molecule has 1 fully saturated rings. The van der Waals surface area contributed by atoms with Crippen LogP contribution >= 0.6 is 0 Å². The maximum Gasteiger partial charge on any atom is 0.253 e. The summed E-state index contributed by atoms with van der Waals surface area (Å²) in [5.41, 5.74) is 4.44. The molecule has 3 heterocycles. The van der Waals surface area contributed by atoms with Crippen molar-refractivity contribution in [1.82, 2.24) is 35.0 Å². The Morgan fingerprint density at radius 1 is 1.06 bits per heavy atom. The van der Waals surface area contributed by atoms with Crippen LogP contribution in [0.1, 0.15) is 41.0 Å². The first-order valence-electron chi connectivity index (χ1n) is 12.0. The summed E-state index contributed by atoms with van der Waals surface area (Å²) < 4.78 is 15.1. The summed E-state index contributed by atoms with van der Waals surface area (Å²) in [6.45, 7) is 11.0. The minimum atomic E-state index is -0.404. The zero-order chi connectivity index (χ0) is 24.5. The number of pyridine rings is 1. The Labute approximate surface area is 203 Å². The molecule has 0 saturated carbocycles. The topological polar surface area (TPSA) is 82.9 Å². The number of rotatable bonds is 6. The number of nitrogens with zero attached hydrogens (tertiary/aromatic N) is 6. The Balaban J connectivity index is 1.60. The largest absolute Gasteiger partial charge is 0.321 e. The van der Waals surface area contributed by atoms with Gasteiger partial charge in [0.15, 0.2) is 5.82 Å². The number of nitrogens with one attached hydrogen (secondary N) is 1. The Morgan fingerprint density at radius 2 is 1.80 bits per heavy atom. The maximum absolute atomic E-state index is 13.5. The monoisotopic (exact) mass is 475 g/mol. The molecule has 0 unspecified atom stereocenters. The van der Waals surface area contributed by atoms with E-state index < -0.39 is 6.04 Å². The molecule has 35 heavy (non-hydrogen) atoms. The summed E-state index contributed by atoms with van der Waals surface area (Å²) in [4.78, 5) is 21.3. The number of aromatic nitrogens is 5. The summed E-state index contributed by atoms with van der Waals surface area (Å²) >= 11 is 0. The van der Waals surface area contributed by atoms with Crippen LogP contribution in [0.4, 0.5) is 4.39 Å². The van der Waals surface area contributed by atoms with Crippen LogP contribution in [-0.2, 0) is 6.54 Å². The zero-order valence-electron chi connectivity index (χ0n) is 20.3. The Hall–Kier alpha value is -3.43. The van der Waals surface area contributed by atoms with E-state index >= 15 is 0 Å². The summed E-state index contributed by atoms with van der Waals surface area (Å²) in [6, 6.07) is 12.0. The van der Waals surface area contributed by atoms with Gasteiger partial charge in [-0.3, -0.25) is 9.69 Å². The lowest BCUT2D eigenvalue weighted by Gasteiger charge is -2.38. The first-order chi connectivity index (χ1) is 16.9. The average Bonchev–Trinajstić information content (AvgIpc) is 3.32. The number of benzene rings is 2. The third-order valence-corrected chi connectivity index (χ3v) is 7.14. The summed E-state index contributed by atoms with van der Waals surface area (Å²) in [7, 11) is 0. The quantitative estimate of drug-likeness (QED) is 0.462. The highest BCUT2D eigenvalue weighted by molar-refractivity contribution is 5.83. The summed E-state index contributed by atoms with van der Waals surface area (Å²) in [6.07, 6.45) is 0. The molecule has 0 aliphatic carbocycles. The second kappa shape index (κ2) is 9.67. The average molecular weight is 476 g/mol. The number of piperazine rings is 1. The number of aromatic amines is 1. The van der Waals surface area contributed by atoms with Crippen molar-refractivity contribution in [3.63, 3.8) is 0 Å². The fourth-order valence-corrected chi connectivity index (χ4v) is 4.86. The van der Waals surface area contributed by atoms with Crippen molar-refractivity contribution in [2.45, 2.75) is 33.4 Å². The highest BCUT2D eigenvalue weighted by atomic mass is 19.1. The van der Waals surface area contributed by atoms with Crippen molar-refractivity contribution in [2.75, 3.05) is 32.7 Å². The van der Waals surface area contributed by atoms with Gasteiger partial charge in [-0.2, -0.15) is 0 Å². The van der Waals surface area contributed by atoms with Crippen LogP contribution in [0.25, 0.3) is 10.9 Å². The van der Waals surface area contributed by atoms with Gasteiger partial charge in [0.05, 0.1) is 12.1 Å². The molecule has 1 N–H and O–H groups in total. The molecule has 5 rings (SSSR count). The number of aryl methyl sites for hydroxylation is 2. The lowest BCUT2D eigenvalue weighted by Crippen LogP contribution is -2.49. The second-order valence-corrected chi connectivity index (χ2v) is 9.22. The lowest BCUT2D eigenvalue weighted by atomic mass is 9.99. The minimum absolute atomic E-state index is 0.134. The first-order valence-corrected chi connectivity index (χ1v) is 12.0. The van der Waals surface area contributed by atoms with E-state index in [2.05, 4.69) is 43.3 Å². The number of fused-ring (bicyclic) bond motifs is 1. The van der Waals surface area contributed by atoms with Gasteiger partial charge in [0, 0.05) is 31.7 Å². The smallest absolute Gasteiger partial charge is 0.253 e. The molecule has 0 radical (unpaired) electrons. The van der Waals surface area contributed by atoms with E-state index in [0.29, 0.717) is 17.9 Å². The van der Waals surface area contributed by atoms with Crippen molar-refractivity contribution < 1.29 is 4.39 Å². The van der Waals surface area contributed by atoms with E-state index in [1.165, 1.54) is 12.1 Å². The number of H-pyrrole nitrogens is 1. The molecule has 8 nitrogen and oxygen atoms in total. The van der Waals surface area contributed by atoms with E-state index in [1.807, 2.05) is 26.0 Å². The molecule has 1 atom stereocenters. The molecule has 0 bridgehead atoms. The van der Waals surface area contributed by atoms with Gasteiger partial charge in [-0.1, -0.05) is 31.2 Å². The number of halogens is 1. The molecule has 2 aromatic heterocycles. The first kappa shape index (κ1) is 23.3. The van der Waals surface area contributed by atoms with Crippen molar-refractivity contribution >= 4 is 10.9 Å². The lowest BCUT2D eigenvalue weighted by molar-refractivity contribution is 0.108. The Kier molecular flexibility index (Phi) is 6.44. The van der Waals surface area contributed by atoms with Crippen molar-refractivity contribution in [3.8, 4) is 0 Å². The highest BCUT2D eigenvalue weighted by Gasteiger charge is 2.32. The second-order valence-electron chi connectivity index (χ2n) is 9.22. The van der Waals surface area contributed by atoms with Crippen LogP contribution in [0.15, 0.2) is 47.3 Å². The van der Waals surface area contributed by atoms with Crippen LogP contribution in [0.2, 0.25) is 0 Å². The molecule has 4 aromatic rings. The van der Waals surface area contributed by atoms with Gasteiger partial charge in [-0.25, -0.2) is 9.07 Å². The van der Waals surface area contributed by atoms with Gasteiger partial charge >= 0.3 is 0 Å². The molecule has 0 amide bonds. The molecule has 182 valence electrons. The van der Waals surface area contributed by atoms with Crippen LogP contribution in [0, 0.1) is 19.7 Å². The number of hydrogen-bond acceptors (Lipinski definition) is 6. The molecule has 1 aliphatic heterocycles. The zero-order valence-corrected chi connectivity index (χ0v) is 20.3. The molecular formula is C26H30FN7O. The van der Waals surface area contributed by atoms with Crippen LogP contribution < -0.4 is 5.56 Å². The Morgan fingerprint density at radius 3 is 2.51 bits per heavy atom. The van der Waals surface area contributed by atoms with Crippen LogP contribution in [0.5, 0.6) is 0 Å². The van der Waals surface area contributed by atoms with E-state index in [-0.39, 0.29) is 11.4 Å². The molecule has 1 aliphatic rings. The van der Waals surface area contributed by atoms with E-state index in [9.17, 15) is 9.18 Å². The number of hydrogen-bond donors (Lipinski definition) is 1. The number of tetrazole rings is 1. The fourth-order valence-electron chi connectivity index (χ4n) is 4.86. The van der Waals surface area contributed by atoms with Gasteiger partial charge < -0.3 is 9.88 Å². The normalized spacial score (nSPS) is 16.1. The number of likely N-dealkylation sites (N-methyl/N-ethyl adjacent to an activating group) is 1. The van der Waals surface area contributed by atoms with E-state index in [1.54, 1.807) is 16.8 Å². The minimum Gasteiger partial charge on any atom is -0.321 e. The van der Waals surface area contributed by atoms with Gasteiger partial charge in [-0.15, -0.1) is 5.10 Å². The van der Waals surface area contributed by atoms with Gasteiger partial charge in [0.2, 0.25) is 0 Å². The molecule has 1 saturated heterocycles. The van der Waals surface area contributed by atoms with E-state index in [0.717, 1.165) is 60.3 Å². The molecule has 2 aromatic carbocycles. The molecule has 0 spiro atoms. The predicted molar refractivity (Wildman–Crippen MR) is 133 cm³/mol. The van der Waals surface area contributed by atoms with Crippen molar-refractivity contribution in [2.24, 2.45) is 0 Å².